The molecule has 1 aromatic rings. The molecule has 0 aromatic heterocycles. The smallest absolute Gasteiger partial charge is 0.306 e. The van der Waals surface area contributed by atoms with Gasteiger partial charge in [0, 0.05) is 25.8 Å². The number of hydrogen-bond acceptors (Lipinski definition) is 5. The summed E-state index contributed by atoms with van der Waals surface area (Å²) in [7, 11) is -3.97. The van der Waals surface area contributed by atoms with E-state index in [4.69, 9.17) is 5.11 Å². The predicted octanol–water partition coefficient (Wildman–Crippen LogP) is 1.44. The summed E-state index contributed by atoms with van der Waals surface area (Å²) in [5.41, 5.74) is -0.979. The lowest BCUT2D eigenvalue weighted by molar-refractivity contribution is -0.387. The predicted molar refractivity (Wildman–Crippen MR) is 73.9 cm³/mol. The van der Waals surface area contributed by atoms with E-state index in [1.807, 2.05) is 0 Å². The summed E-state index contributed by atoms with van der Waals surface area (Å²) in [6.45, 7) is 2.94. The van der Waals surface area contributed by atoms with Crippen molar-refractivity contribution in [1.82, 2.24) is 4.31 Å². The third kappa shape index (κ3) is 3.74. The Kier molecular flexibility index (Phi) is 5.76. The first kappa shape index (κ1) is 17.5. The molecule has 118 valence electrons. The van der Waals surface area contributed by atoms with Gasteiger partial charge in [-0.05, 0) is 25.0 Å². The third-order valence-corrected chi connectivity index (χ3v) is 4.91. The highest BCUT2D eigenvalue weighted by Crippen LogP contribution is 2.27. The molecule has 0 spiro atoms. The number of benzene rings is 1. The molecule has 0 fully saturated rings. The monoisotopic (exact) mass is 320 g/mol. The van der Waals surface area contributed by atoms with Crippen molar-refractivity contribution >= 4 is 15.7 Å². The average Bonchev–Trinajstić information content (AvgIpc) is 2.41. The molecule has 0 saturated carbocycles. The fourth-order valence-electron chi connectivity index (χ4n) is 1.84. The number of aliphatic hydroxyl groups is 1. The highest BCUT2D eigenvalue weighted by atomic mass is 32.2. The molecule has 7 nitrogen and oxygen atoms in total. The number of nitrogens with zero attached hydrogens (tertiary/aromatic N) is 2. The summed E-state index contributed by atoms with van der Waals surface area (Å²) in [5.74, 6) is -1.04. The molecule has 0 atom stereocenters. The van der Waals surface area contributed by atoms with Gasteiger partial charge in [-0.15, -0.1) is 0 Å². The summed E-state index contributed by atoms with van der Waals surface area (Å²) in [6, 6.07) is 1.79. The molecular formula is C12H17FN2O5S. The number of rotatable bonds is 7. The van der Waals surface area contributed by atoms with Crippen molar-refractivity contribution in [3.05, 3.63) is 33.6 Å². The number of aryl methyl sites for hydroxylation is 1. The Labute approximate surface area is 122 Å². The number of nitro groups is 1. The van der Waals surface area contributed by atoms with E-state index in [-0.39, 0.29) is 36.6 Å². The van der Waals surface area contributed by atoms with E-state index in [1.165, 1.54) is 6.92 Å². The van der Waals surface area contributed by atoms with Crippen molar-refractivity contribution in [2.75, 3.05) is 19.7 Å². The number of hydrogen-bond donors (Lipinski definition) is 1. The van der Waals surface area contributed by atoms with Gasteiger partial charge in [0.05, 0.1) is 9.82 Å². The van der Waals surface area contributed by atoms with Crippen LogP contribution in [0, 0.1) is 22.9 Å². The minimum Gasteiger partial charge on any atom is -0.396 e. The second-order valence-corrected chi connectivity index (χ2v) is 6.34. The van der Waals surface area contributed by atoms with E-state index in [9.17, 15) is 22.9 Å². The highest BCUT2D eigenvalue weighted by molar-refractivity contribution is 7.89. The lowest BCUT2D eigenvalue weighted by Gasteiger charge is -2.20. The zero-order valence-corrected chi connectivity index (χ0v) is 12.6. The van der Waals surface area contributed by atoms with Crippen LogP contribution in [0.1, 0.15) is 18.9 Å². The van der Waals surface area contributed by atoms with Crippen molar-refractivity contribution in [2.24, 2.45) is 0 Å². The van der Waals surface area contributed by atoms with E-state index in [0.717, 1.165) is 16.4 Å². The molecule has 1 rings (SSSR count). The van der Waals surface area contributed by atoms with Crippen LogP contribution in [0.3, 0.4) is 0 Å². The largest absolute Gasteiger partial charge is 0.396 e. The normalized spacial score (nSPS) is 11.9. The molecular weight excluding hydrogens is 303 g/mol. The zero-order chi connectivity index (χ0) is 16.2. The summed E-state index contributed by atoms with van der Waals surface area (Å²) >= 11 is 0. The fourth-order valence-corrected chi connectivity index (χ4v) is 3.44. The van der Waals surface area contributed by atoms with Crippen LogP contribution in [-0.4, -0.2) is 42.4 Å². The molecule has 1 N–H and O–H groups in total. The lowest BCUT2D eigenvalue weighted by atomic mass is 10.2. The van der Waals surface area contributed by atoms with Crippen molar-refractivity contribution in [3.63, 3.8) is 0 Å². The van der Waals surface area contributed by atoms with Gasteiger partial charge in [-0.2, -0.15) is 8.70 Å². The molecule has 0 radical (unpaired) electrons. The molecule has 21 heavy (non-hydrogen) atoms. The van der Waals surface area contributed by atoms with Gasteiger partial charge >= 0.3 is 5.69 Å². The van der Waals surface area contributed by atoms with Gasteiger partial charge in [0.25, 0.3) is 0 Å². The average molecular weight is 320 g/mol. The molecule has 1 aromatic carbocycles. The molecule has 0 bridgehead atoms. The van der Waals surface area contributed by atoms with Gasteiger partial charge in [0.15, 0.2) is 0 Å². The van der Waals surface area contributed by atoms with Crippen molar-refractivity contribution in [3.8, 4) is 0 Å². The van der Waals surface area contributed by atoms with Gasteiger partial charge in [0.2, 0.25) is 15.8 Å². The quantitative estimate of drug-likeness (QED) is 0.605. The van der Waals surface area contributed by atoms with E-state index in [0.29, 0.717) is 0 Å². The zero-order valence-electron chi connectivity index (χ0n) is 11.7. The van der Waals surface area contributed by atoms with E-state index >= 15 is 0 Å². The lowest BCUT2D eigenvalue weighted by Crippen LogP contribution is -2.32. The molecule has 0 aliphatic rings. The van der Waals surface area contributed by atoms with E-state index < -0.39 is 26.5 Å². The van der Waals surface area contributed by atoms with Crippen LogP contribution in [0.5, 0.6) is 0 Å². The Bertz CT molecular complexity index is 633. The van der Waals surface area contributed by atoms with Crippen LogP contribution in [0.2, 0.25) is 0 Å². The summed E-state index contributed by atoms with van der Waals surface area (Å²) in [5, 5.41) is 19.6. The molecule has 9 heteroatoms. The number of aliphatic hydroxyl groups excluding tert-OH is 1. The summed E-state index contributed by atoms with van der Waals surface area (Å²) in [4.78, 5) is 9.51. The van der Waals surface area contributed by atoms with E-state index in [2.05, 4.69) is 0 Å². The Balaban J connectivity index is 3.34. The van der Waals surface area contributed by atoms with Crippen LogP contribution >= 0.6 is 0 Å². The van der Waals surface area contributed by atoms with Gasteiger partial charge < -0.3 is 5.11 Å². The van der Waals surface area contributed by atoms with Crippen LogP contribution in [0.25, 0.3) is 0 Å². The SMILES string of the molecule is CCN(CCCO)S(=O)(=O)c1cc(C)c(F)c([N+](=O)[O-])c1. The standard InChI is InChI=1S/C12H17FN2O5S/c1-3-14(5-4-6-16)21(19,20)10-7-9(2)12(13)11(8-10)15(17)18/h7-8,16H,3-6H2,1-2H3. The van der Waals surface area contributed by atoms with Crippen molar-refractivity contribution in [1.29, 1.82) is 0 Å². The van der Waals surface area contributed by atoms with Gasteiger partial charge in [-0.3, -0.25) is 10.1 Å². The molecule has 0 unspecified atom stereocenters. The Morgan fingerprint density at radius 3 is 2.52 bits per heavy atom. The Hall–Kier alpha value is -1.58. The third-order valence-electron chi connectivity index (χ3n) is 2.96. The number of nitro benzene ring substituents is 1. The van der Waals surface area contributed by atoms with Crippen molar-refractivity contribution in [2.45, 2.75) is 25.2 Å². The first-order chi connectivity index (χ1) is 9.75. The maximum atomic E-state index is 13.6. The molecule has 0 saturated heterocycles. The maximum absolute atomic E-state index is 13.6. The Morgan fingerprint density at radius 2 is 2.05 bits per heavy atom. The Morgan fingerprint density at radius 1 is 1.43 bits per heavy atom. The minimum absolute atomic E-state index is 0.0829. The number of halogens is 1. The second kappa shape index (κ2) is 6.92. The van der Waals surface area contributed by atoms with Crippen molar-refractivity contribution < 1.29 is 22.8 Å². The van der Waals surface area contributed by atoms with Crippen LogP contribution in [0.4, 0.5) is 10.1 Å². The topological polar surface area (TPSA) is 101 Å². The fraction of sp³-hybridized carbons (Fsp3) is 0.500. The number of sulfonamides is 1. The first-order valence-corrected chi connectivity index (χ1v) is 7.75. The summed E-state index contributed by atoms with van der Waals surface area (Å²) in [6.07, 6.45) is 0.245. The van der Waals surface area contributed by atoms with Crippen LogP contribution in [-0.2, 0) is 10.0 Å². The molecule has 0 heterocycles. The van der Waals surface area contributed by atoms with Crippen LogP contribution in [0.15, 0.2) is 17.0 Å². The first-order valence-electron chi connectivity index (χ1n) is 6.31. The van der Waals surface area contributed by atoms with Gasteiger partial charge in [-0.25, -0.2) is 8.42 Å². The molecule has 0 amide bonds. The molecule has 0 aliphatic carbocycles. The highest BCUT2D eigenvalue weighted by Gasteiger charge is 2.27. The second-order valence-electron chi connectivity index (χ2n) is 4.40. The molecule has 0 aliphatic heterocycles. The van der Waals surface area contributed by atoms with Crippen LogP contribution < -0.4 is 0 Å². The van der Waals surface area contributed by atoms with E-state index in [1.54, 1.807) is 6.92 Å². The maximum Gasteiger partial charge on any atom is 0.306 e. The van der Waals surface area contributed by atoms with Gasteiger partial charge in [-0.1, -0.05) is 6.92 Å². The minimum atomic E-state index is -3.97. The van der Waals surface area contributed by atoms with Gasteiger partial charge in [0.1, 0.15) is 0 Å². The summed E-state index contributed by atoms with van der Waals surface area (Å²) < 4.78 is 39.5.